The number of benzene rings is 1. The fourth-order valence-corrected chi connectivity index (χ4v) is 2.81. The molecule has 1 aromatic carbocycles. The van der Waals surface area contributed by atoms with E-state index in [4.69, 9.17) is 0 Å². The number of carboxylic acid groups (broad SMARTS) is 1. The molecule has 1 fully saturated rings. The highest BCUT2D eigenvalue weighted by molar-refractivity contribution is 5.79. The van der Waals surface area contributed by atoms with Gasteiger partial charge < -0.3 is 10.4 Å². The number of aliphatic carboxylic acids is 1. The lowest BCUT2D eigenvalue weighted by molar-refractivity contribution is -0.141. The Kier molecular flexibility index (Phi) is 5.37. The Labute approximate surface area is 125 Å². The summed E-state index contributed by atoms with van der Waals surface area (Å²) in [6, 6.07) is 7.85. The first-order chi connectivity index (χ1) is 10.1. The molecule has 2 rings (SSSR count). The molecule has 1 aliphatic rings. The van der Waals surface area contributed by atoms with E-state index in [1.54, 1.807) is 0 Å². The number of rotatable bonds is 6. The van der Waals surface area contributed by atoms with Gasteiger partial charge in [-0.3, -0.25) is 9.59 Å². The Morgan fingerprint density at radius 1 is 1.24 bits per heavy atom. The maximum atomic E-state index is 12.0. The lowest BCUT2D eigenvalue weighted by Crippen LogP contribution is -2.36. The molecule has 4 nitrogen and oxygen atoms in total. The van der Waals surface area contributed by atoms with Crippen molar-refractivity contribution >= 4 is 11.9 Å². The van der Waals surface area contributed by atoms with Crippen LogP contribution in [-0.2, 0) is 16.0 Å². The number of nitrogens with one attached hydrogen (secondary N) is 1. The first-order valence-electron chi connectivity index (χ1n) is 7.62. The van der Waals surface area contributed by atoms with Crippen LogP contribution in [0.15, 0.2) is 24.3 Å². The summed E-state index contributed by atoms with van der Waals surface area (Å²) < 4.78 is 0. The molecule has 0 aromatic heterocycles. The van der Waals surface area contributed by atoms with Crippen LogP contribution in [0, 0.1) is 18.8 Å². The predicted octanol–water partition coefficient (Wildman–Crippen LogP) is 2.54. The Bertz CT molecular complexity index is 489. The van der Waals surface area contributed by atoms with Crippen molar-refractivity contribution in [1.82, 2.24) is 5.32 Å². The molecule has 0 bridgehead atoms. The summed E-state index contributed by atoms with van der Waals surface area (Å²) in [5.41, 5.74) is 2.14. The van der Waals surface area contributed by atoms with Crippen LogP contribution in [-0.4, -0.2) is 23.5 Å². The van der Waals surface area contributed by atoms with Crippen LogP contribution in [0.2, 0.25) is 0 Å². The van der Waals surface area contributed by atoms with Gasteiger partial charge in [-0.1, -0.05) is 42.7 Å². The Balaban J connectivity index is 1.88. The zero-order valence-corrected chi connectivity index (χ0v) is 12.5. The van der Waals surface area contributed by atoms with E-state index in [1.807, 2.05) is 31.2 Å². The smallest absolute Gasteiger partial charge is 0.308 e. The Hall–Kier alpha value is -1.84. The highest BCUT2D eigenvalue weighted by Gasteiger charge is 2.25. The highest BCUT2D eigenvalue weighted by atomic mass is 16.4. The van der Waals surface area contributed by atoms with Crippen molar-refractivity contribution in [1.29, 1.82) is 0 Å². The number of hydrogen-bond acceptors (Lipinski definition) is 2. The summed E-state index contributed by atoms with van der Waals surface area (Å²) in [5.74, 6) is -1.33. The molecule has 2 N–H and O–H groups in total. The van der Waals surface area contributed by atoms with Crippen LogP contribution in [0.3, 0.4) is 0 Å². The normalized spacial score (nSPS) is 16.6. The maximum Gasteiger partial charge on any atom is 0.308 e. The molecule has 1 aromatic rings. The van der Waals surface area contributed by atoms with Crippen molar-refractivity contribution in [2.75, 3.05) is 6.54 Å². The van der Waals surface area contributed by atoms with Crippen LogP contribution in [0.5, 0.6) is 0 Å². The first-order valence-corrected chi connectivity index (χ1v) is 7.62. The summed E-state index contributed by atoms with van der Waals surface area (Å²) in [7, 11) is 0. The van der Waals surface area contributed by atoms with E-state index in [9.17, 15) is 14.7 Å². The van der Waals surface area contributed by atoms with Crippen molar-refractivity contribution in [3.63, 3.8) is 0 Å². The second-order valence-electron chi connectivity index (χ2n) is 5.95. The van der Waals surface area contributed by atoms with Gasteiger partial charge in [0, 0.05) is 12.5 Å². The van der Waals surface area contributed by atoms with Crippen LogP contribution in [0.1, 0.15) is 36.8 Å². The van der Waals surface area contributed by atoms with Crippen LogP contribution in [0.4, 0.5) is 0 Å². The third-order valence-electron chi connectivity index (χ3n) is 4.20. The summed E-state index contributed by atoms with van der Waals surface area (Å²) in [6.45, 7) is 2.21. The molecule has 4 heteroatoms. The van der Waals surface area contributed by atoms with E-state index in [-0.39, 0.29) is 18.4 Å². The number of amides is 1. The zero-order valence-electron chi connectivity index (χ0n) is 12.5. The van der Waals surface area contributed by atoms with E-state index in [0.717, 1.165) is 36.8 Å². The van der Waals surface area contributed by atoms with E-state index >= 15 is 0 Å². The quantitative estimate of drug-likeness (QED) is 0.845. The van der Waals surface area contributed by atoms with Gasteiger partial charge in [-0.05, 0) is 31.7 Å². The highest BCUT2D eigenvalue weighted by Crippen LogP contribution is 2.24. The number of carbonyl (C=O) groups is 2. The minimum absolute atomic E-state index is 0.0163. The molecule has 1 saturated carbocycles. The molecular weight excluding hydrogens is 266 g/mol. The van der Waals surface area contributed by atoms with Crippen LogP contribution >= 0.6 is 0 Å². The summed E-state index contributed by atoms with van der Waals surface area (Å²) in [4.78, 5) is 23.3. The third-order valence-corrected chi connectivity index (χ3v) is 4.20. The topological polar surface area (TPSA) is 66.4 Å². The lowest BCUT2D eigenvalue weighted by atomic mass is 9.98. The van der Waals surface area contributed by atoms with Crippen LogP contribution in [0.25, 0.3) is 0 Å². The molecule has 0 heterocycles. The van der Waals surface area contributed by atoms with Crippen molar-refractivity contribution in [3.05, 3.63) is 35.4 Å². The van der Waals surface area contributed by atoms with Gasteiger partial charge in [0.2, 0.25) is 5.91 Å². The van der Waals surface area contributed by atoms with Gasteiger partial charge in [0.15, 0.2) is 0 Å². The predicted molar refractivity (Wildman–Crippen MR) is 81.0 cm³/mol. The minimum atomic E-state index is -0.859. The number of aryl methyl sites for hydroxylation is 1. The van der Waals surface area contributed by atoms with Crippen molar-refractivity contribution in [3.8, 4) is 0 Å². The molecule has 0 radical (unpaired) electrons. The molecule has 0 saturated heterocycles. The molecule has 114 valence electrons. The van der Waals surface area contributed by atoms with Gasteiger partial charge in [-0.15, -0.1) is 0 Å². The van der Waals surface area contributed by atoms with Gasteiger partial charge in [0.05, 0.1) is 5.92 Å². The fraction of sp³-hybridized carbons (Fsp3) is 0.529. The van der Waals surface area contributed by atoms with Gasteiger partial charge in [-0.25, -0.2) is 0 Å². The molecule has 0 unspecified atom stereocenters. The van der Waals surface area contributed by atoms with Gasteiger partial charge in [-0.2, -0.15) is 0 Å². The third kappa shape index (κ3) is 4.59. The average Bonchev–Trinajstić information content (AvgIpc) is 2.99. The largest absolute Gasteiger partial charge is 0.481 e. The average molecular weight is 289 g/mol. The van der Waals surface area contributed by atoms with E-state index in [2.05, 4.69) is 5.32 Å². The monoisotopic (exact) mass is 289 g/mol. The second kappa shape index (κ2) is 7.25. The number of carboxylic acids is 1. The Morgan fingerprint density at radius 3 is 2.43 bits per heavy atom. The van der Waals surface area contributed by atoms with Crippen molar-refractivity contribution in [2.24, 2.45) is 11.8 Å². The first kappa shape index (κ1) is 15.5. The lowest BCUT2D eigenvalue weighted by Gasteiger charge is -2.16. The zero-order chi connectivity index (χ0) is 15.2. The molecule has 21 heavy (non-hydrogen) atoms. The Morgan fingerprint density at radius 2 is 1.86 bits per heavy atom. The fourth-order valence-electron chi connectivity index (χ4n) is 2.81. The van der Waals surface area contributed by atoms with Gasteiger partial charge in [0.1, 0.15) is 0 Å². The van der Waals surface area contributed by atoms with Crippen molar-refractivity contribution in [2.45, 2.75) is 39.0 Å². The number of carbonyl (C=O) groups excluding carboxylic acids is 1. The molecule has 0 spiro atoms. The minimum Gasteiger partial charge on any atom is -0.481 e. The summed E-state index contributed by atoms with van der Waals surface area (Å²) in [6.07, 6.45) is 4.51. The summed E-state index contributed by atoms with van der Waals surface area (Å²) in [5, 5.41) is 12.1. The summed E-state index contributed by atoms with van der Waals surface area (Å²) >= 11 is 0. The number of hydrogen-bond donors (Lipinski definition) is 2. The second-order valence-corrected chi connectivity index (χ2v) is 5.95. The van der Waals surface area contributed by atoms with Crippen molar-refractivity contribution < 1.29 is 14.7 Å². The molecule has 1 aliphatic carbocycles. The standard InChI is InChI=1S/C17H23NO3/c1-12-6-8-13(9-7-12)10-15(17(20)21)11-18-16(19)14-4-2-3-5-14/h6-9,14-15H,2-5,10-11H2,1H3,(H,18,19)(H,20,21)/t15-/m1/s1. The van der Waals surface area contributed by atoms with Gasteiger partial charge in [0.25, 0.3) is 0 Å². The van der Waals surface area contributed by atoms with E-state index < -0.39 is 11.9 Å². The molecule has 1 atom stereocenters. The molecule has 1 amide bonds. The SMILES string of the molecule is Cc1ccc(C[C@H](CNC(=O)C2CCCC2)C(=O)O)cc1. The van der Waals surface area contributed by atoms with E-state index in [0.29, 0.717) is 6.42 Å². The molecular formula is C17H23NO3. The maximum absolute atomic E-state index is 12.0. The van der Waals surface area contributed by atoms with Crippen LogP contribution < -0.4 is 5.32 Å². The van der Waals surface area contributed by atoms with E-state index in [1.165, 1.54) is 0 Å². The van der Waals surface area contributed by atoms with Gasteiger partial charge >= 0.3 is 5.97 Å². The molecule has 0 aliphatic heterocycles.